The highest BCUT2D eigenvalue weighted by Gasteiger charge is 2.01. The van der Waals surface area contributed by atoms with Gasteiger partial charge in [0.1, 0.15) is 7.11 Å². The van der Waals surface area contributed by atoms with Gasteiger partial charge in [0.25, 0.3) is 0 Å². The fraction of sp³-hybridized carbons (Fsp3) is 0.500. The lowest BCUT2D eigenvalue weighted by atomic mass is 10.0. The van der Waals surface area contributed by atoms with Crippen molar-refractivity contribution in [3.8, 4) is 0 Å². The van der Waals surface area contributed by atoms with E-state index in [1.54, 1.807) is 11.8 Å². The summed E-state index contributed by atoms with van der Waals surface area (Å²) in [4.78, 5) is 4.99. The van der Waals surface area contributed by atoms with Crippen LogP contribution in [0.5, 0.6) is 0 Å². The molecule has 0 bridgehead atoms. The van der Waals surface area contributed by atoms with Gasteiger partial charge in [-0.15, -0.1) is 0 Å². The number of hydrogen-bond donors (Lipinski definition) is 0. The third-order valence-corrected chi connectivity index (χ3v) is 1.73. The molecule has 0 aliphatic heterocycles. The maximum absolute atomic E-state index is 4.99. The second-order valence-corrected chi connectivity index (χ2v) is 3.35. The van der Waals surface area contributed by atoms with E-state index in [1.165, 1.54) is 5.56 Å². The number of pyridine rings is 1. The van der Waals surface area contributed by atoms with Gasteiger partial charge in [-0.05, 0) is 17.9 Å². The molecule has 0 unspecified atom stereocenters. The molecule has 0 spiro atoms. The minimum Gasteiger partial charge on any atom is -0.275 e. The van der Waals surface area contributed by atoms with E-state index in [0.717, 1.165) is 6.42 Å². The first kappa shape index (κ1) is 9.04. The fourth-order valence-electron chi connectivity index (χ4n) is 1.17. The molecule has 0 saturated heterocycles. The summed E-state index contributed by atoms with van der Waals surface area (Å²) in [5, 5.41) is 0. The number of nitrogens with zero attached hydrogens (tertiary/aromatic N) is 1. The second kappa shape index (κ2) is 4.10. The summed E-state index contributed by atoms with van der Waals surface area (Å²) >= 11 is 0. The van der Waals surface area contributed by atoms with Crippen molar-refractivity contribution in [1.82, 2.24) is 0 Å². The van der Waals surface area contributed by atoms with Gasteiger partial charge in [0.15, 0.2) is 0 Å². The van der Waals surface area contributed by atoms with Gasteiger partial charge in [-0.1, -0.05) is 13.8 Å². The Morgan fingerprint density at radius 2 is 1.92 bits per heavy atom. The molecule has 0 aromatic carbocycles. The molecular formula is C10H16NO+. The van der Waals surface area contributed by atoms with Crippen molar-refractivity contribution in [1.29, 1.82) is 0 Å². The summed E-state index contributed by atoms with van der Waals surface area (Å²) in [7, 11) is 1.65. The van der Waals surface area contributed by atoms with Crippen LogP contribution in [0.1, 0.15) is 19.4 Å². The average molecular weight is 166 g/mol. The molecular weight excluding hydrogens is 150 g/mol. The Bertz CT molecular complexity index is 228. The lowest BCUT2D eigenvalue weighted by Gasteiger charge is -2.02. The van der Waals surface area contributed by atoms with Crippen LogP contribution in [0.15, 0.2) is 24.5 Å². The van der Waals surface area contributed by atoms with Crippen molar-refractivity contribution in [3.05, 3.63) is 30.1 Å². The maximum atomic E-state index is 4.99. The first-order chi connectivity index (χ1) is 5.72. The lowest BCUT2D eigenvalue weighted by molar-refractivity contribution is -0.885. The maximum Gasteiger partial charge on any atom is 0.222 e. The van der Waals surface area contributed by atoms with E-state index < -0.39 is 0 Å². The molecule has 2 nitrogen and oxygen atoms in total. The van der Waals surface area contributed by atoms with E-state index in [9.17, 15) is 0 Å². The monoisotopic (exact) mass is 166 g/mol. The molecule has 0 atom stereocenters. The van der Waals surface area contributed by atoms with Gasteiger partial charge in [-0.2, -0.15) is 0 Å². The first-order valence-corrected chi connectivity index (χ1v) is 4.27. The van der Waals surface area contributed by atoms with E-state index in [4.69, 9.17) is 4.84 Å². The minimum atomic E-state index is 0.711. The minimum absolute atomic E-state index is 0.711. The quantitative estimate of drug-likeness (QED) is 0.616. The fourth-order valence-corrected chi connectivity index (χ4v) is 1.17. The van der Waals surface area contributed by atoms with E-state index in [0.29, 0.717) is 5.92 Å². The number of rotatable bonds is 3. The Morgan fingerprint density at radius 1 is 1.33 bits per heavy atom. The van der Waals surface area contributed by atoms with Gasteiger partial charge < -0.3 is 0 Å². The zero-order chi connectivity index (χ0) is 8.97. The molecule has 1 heterocycles. The Labute approximate surface area is 73.8 Å². The molecule has 0 radical (unpaired) electrons. The van der Waals surface area contributed by atoms with Crippen molar-refractivity contribution >= 4 is 0 Å². The Balaban J connectivity index is 2.65. The summed E-state index contributed by atoms with van der Waals surface area (Å²) in [6.07, 6.45) is 4.99. The molecule has 0 saturated carbocycles. The van der Waals surface area contributed by atoms with Crippen LogP contribution in [-0.2, 0) is 6.42 Å². The van der Waals surface area contributed by atoms with Crippen LogP contribution in [0.25, 0.3) is 0 Å². The van der Waals surface area contributed by atoms with Crippen molar-refractivity contribution in [2.24, 2.45) is 5.92 Å². The van der Waals surface area contributed by atoms with Gasteiger partial charge in [-0.25, -0.2) is 0 Å². The predicted molar refractivity (Wildman–Crippen MR) is 47.7 cm³/mol. The smallest absolute Gasteiger partial charge is 0.222 e. The van der Waals surface area contributed by atoms with E-state index >= 15 is 0 Å². The molecule has 66 valence electrons. The first-order valence-electron chi connectivity index (χ1n) is 4.27. The SMILES string of the molecule is CO[n+]1ccc(CC(C)C)cc1. The molecule has 0 aliphatic rings. The van der Waals surface area contributed by atoms with Crippen molar-refractivity contribution in [2.45, 2.75) is 20.3 Å². The number of aromatic nitrogens is 1. The van der Waals surface area contributed by atoms with Gasteiger partial charge >= 0.3 is 0 Å². The van der Waals surface area contributed by atoms with Crippen LogP contribution >= 0.6 is 0 Å². The zero-order valence-corrected chi connectivity index (χ0v) is 7.95. The van der Waals surface area contributed by atoms with Crippen LogP contribution in [0.3, 0.4) is 0 Å². The number of hydrogen-bond acceptors (Lipinski definition) is 1. The standard InChI is InChI=1S/C10H16NO/c1-9(2)8-10-4-6-11(12-3)7-5-10/h4-7,9H,8H2,1-3H3/q+1. The van der Waals surface area contributed by atoms with Crippen molar-refractivity contribution in [2.75, 3.05) is 7.11 Å². The van der Waals surface area contributed by atoms with Crippen LogP contribution in [-0.4, -0.2) is 7.11 Å². The van der Waals surface area contributed by atoms with Gasteiger partial charge in [0, 0.05) is 16.9 Å². The molecule has 0 amide bonds. The predicted octanol–water partition coefficient (Wildman–Crippen LogP) is 1.23. The highest BCUT2D eigenvalue weighted by atomic mass is 16.6. The van der Waals surface area contributed by atoms with Crippen LogP contribution < -0.4 is 9.57 Å². The summed E-state index contributed by atoms with van der Waals surface area (Å²) in [5.74, 6) is 0.711. The molecule has 1 rings (SSSR count). The average Bonchev–Trinajstić information content (AvgIpc) is 2.05. The molecule has 2 heteroatoms. The molecule has 1 aromatic rings. The van der Waals surface area contributed by atoms with E-state index in [-0.39, 0.29) is 0 Å². The van der Waals surface area contributed by atoms with Crippen LogP contribution in [0.2, 0.25) is 0 Å². The Kier molecular flexibility index (Phi) is 3.09. The second-order valence-electron chi connectivity index (χ2n) is 3.35. The Morgan fingerprint density at radius 3 is 2.33 bits per heavy atom. The van der Waals surface area contributed by atoms with Crippen LogP contribution in [0.4, 0.5) is 0 Å². The Hall–Kier alpha value is -1.05. The van der Waals surface area contributed by atoms with Crippen molar-refractivity contribution in [3.63, 3.8) is 0 Å². The highest BCUT2D eigenvalue weighted by molar-refractivity contribution is 5.07. The zero-order valence-electron chi connectivity index (χ0n) is 7.95. The normalized spacial score (nSPS) is 10.3. The summed E-state index contributed by atoms with van der Waals surface area (Å²) in [6, 6.07) is 4.17. The third kappa shape index (κ3) is 2.53. The van der Waals surface area contributed by atoms with Crippen molar-refractivity contribution < 1.29 is 9.57 Å². The molecule has 0 aliphatic carbocycles. The van der Waals surface area contributed by atoms with Gasteiger partial charge in [0.05, 0.1) is 0 Å². The highest BCUT2D eigenvalue weighted by Crippen LogP contribution is 2.04. The molecule has 1 aromatic heterocycles. The van der Waals surface area contributed by atoms with Gasteiger partial charge in [-0.3, -0.25) is 4.84 Å². The molecule has 0 fully saturated rings. The topological polar surface area (TPSA) is 13.1 Å². The lowest BCUT2D eigenvalue weighted by Crippen LogP contribution is -2.39. The largest absolute Gasteiger partial charge is 0.275 e. The van der Waals surface area contributed by atoms with E-state index in [2.05, 4.69) is 26.0 Å². The molecule has 12 heavy (non-hydrogen) atoms. The van der Waals surface area contributed by atoms with E-state index in [1.807, 2.05) is 12.4 Å². The van der Waals surface area contributed by atoms with Gasteiger partial charge in [0.2, 0.25) is 12.4 Å². The summed E-state index contributed by atoms with van der Waals surface area (Å²) in [5.41, 5.74) is 1.36. The third-order valence-electron chi connectivity index (χ3n) is 1.73. The summed E-state index contributed by atoms with van der Waals surface area (Å²) in [6.45, 7) is 4.44. The van der Waals surface area contributed by atoms with Crippen LogP contribution in [0, 0.1) is 5.92 Å². The molecule has 0 N–H and O–H groups in total. The summed E-state index contributed by atoms with van der Waals surface area (Å²) < 4.78 is 1.68.